The molecule has 0 atom stereocenters. The molecule has 0 unspecified atom stereocenters. The van der Waals surface area contributed by atoms with Gasteiger partial charge in [-0.25, -0.2) is 0 Å². The molecule has 2 aromatic carbocycles. The highest BCUT2D eigenvalue weighted by Gasteiger charge is 2.33. The molecule has 0 saturated carbocycles. The molecule has 0 aromatic heterocycles. The number of rotatable bonds is 4. The second kappa shape index (κ2) is 7.25. The Kier molecular flexibility index (Phi) is 5.04. The third-order valence-corrected chi connectivity index (χ3v) is 5.17. The average Bonchev–Trinajstić information content (AvgIpc) is 2.91. The van der Waals surface area contributed by atoms with Crippen LogP contribution in [0.4, 0.5) is 5.69 Å². The van der Waals surface area contributed by atoms with Gasteiger partial charge in [0.1, 0.15) is 0 Å². The molecule has 1 aliphatic rings. The number of methoxy groups -OCH3 is 2. The lowest BCUT2D eigenvalue weighted by molar-refractivity contribution is -0.113. The lowest BCUT2D eigenvalue weighted by atomic mass is 10.1. The largest absolute Gasteiger partial charge is 0.493 e. The minimum atomic E-state index is -0.196. The van der Waals surface area contributed by atoms with Gasteiger partial charge in [0.05, 0.1) is 24.8 Å². The standard InChI is InChI=1S/C20H20N2O3S/c1-12-5-7-15(9-13(12)2)22-19(23)18(26-20(22)21)11-14-6-8-16(24-3)17(10-14)25-4/h5-11,21H,1-4H3. The Balaban J connectivity index is 1.93. The number of nitrogens with one attached hydrogen (secondary N) is 1. The van der Waals surface area contributed by atoms with Crippen molar-refractivity contribution >= 4 is 34.6 Å². The van der Waals surface area contributed by atoms with Crippen molar-refractivity contribution < 1.29 is 14.3 Å². The van der Waals surface area contributed by atoms with Gasteiger partial charge in [0.25, 0.3) is 5.91 Å². The molecule has 1 N–H and O–H groups in total. The summed E-state index contributed by atoms with van der Waals surface area (Å²) in [4.78, 5) is 14.8. The molecule has 1 amide bonds. The van der Waals surface area contributed by atoms with E-state index in [1.54, 1.807) is 26.4 Å². The molecular weight excluding hydrogens is 348 g/mol. The number of carbonyl (C=O) groups excluding carboxylic acids is 1. The summed E-state index contributed by atoms with van der Waals surface area (Å²) >= 11 is 1.15. The smallest absolute Gasteiger partial charge is 0.271 e. The first-order chi connectivity index (χ1) is 12.4. The summed E-state index contributed by atoms with van der Waals surface area (Å²) in [6.07, 6.45) is 1.77. The van der Waals surface area contributed by atoms with Gasteiger partial charge in [-0.2, -0.15) is 0 Å². The van der Waals surface area contributed by atoms with Crippen LogP contribution in [-0.2, 0) is 4.79 Å². The molecule has 26 heavy (non-hydrogen) atoms. The highest BCUT2D eigenvalue weighted by atomic mass is 32.2. The molecule has 1 aliphatic heterocycles. The zero-order valence-electron chi connectivity index (χ0n) is 15.1. The molecule has 2 aromatic rings. The number of anilines is 1. The molecule has 134 valence electrons. The number of aryl methyl sites for hydroxylation is 2. The number of carbonyl (C=O) groups is 1. The zero-order valence-corrected chi connectivity index (χ0v) is 15.9. The molecule has 6 heteroatoms. The fourth-order valence-corrected chi connectivity index (χ4v) is 3.54. The maximum absolute atomic E-state index is 12.8. The van der Waals surface area contributed by atoms with E-state index in [4.69, 9.17) is 14.9 Å². The highest BCUT2D eigenvalue weighted by Crippen LogP contribution is 2.36. The quantitative estimate of drug-likeness (QED) is 0.814. The second-order valence-corrected chi connectivity index (χ2v) is 6.97. The average molecular weight is 368 g/mol. The van der Waals surface area contributed by atoms with Crippen LogP contribution >= 0.6 is 11.8 Å². The Morgan fingerprint density at radius 1 is 1.00 bits per heavy atom. The first-order valence-corrected chi connectivity index (χ1v) is 8.88. The fraction of sp³-hybridized carbons (Fsp3) is 0.200. The van der Waals surface area contributed by atoms with E-state index in [0.29, 0.717) is 22.1 Å². The molecule has 0 bridgehead atoms. The van der Waals surface area contributed by atoms with Crippen LogP contribution in [-0.4, -0.2) is 25.3 Å². The maximum atomic E-state index is 12.8. The molecule has 0 aliphatic carbocycles. The molecule has 5 nitrogen and oxygen atoms in total. The Labute approximate surface area is 157 Å². The van der Waals surface area contributed by atoms with Crippen molar-refractivity contribution in [2.45, 2.75) is 13.8 Å². The topological polar surface area (TPSA) is 62.6 Å². The van der Waals surface area contributed by atoms with Gasteiger partial charge < -0.3 is 9.47 Å². The molecule has 1 fully saturated rings. The molecular formula is C20H20N2O3S. The number of amides is 1. The van der Waals surface area contributed by atoms with Crippen LogP contribution in [0.1, 0.15) is 16.7 Å². The number of amidine groups is 1. The van der Waals surface area contributed by atoms with Gasteiger partial charge in [0, 0.05) is 0 Å². The number of thioether (sulfide) groups is 1. The summed E-state index contributed by atoms with van der Waals surface area (Å²) in [6, 6.07) is 11.2. The number of nitrogens with zero attached hydrogens (tertiary/aromatic N) is 1. The summed E-state index contributed by atoms with van der Waals surface area (Å²) in [5.74, 6) is 1.03. The number of ether oxygens (including phenoxy) is 2. The monoisotopic (exact) mass is 368 g/mol. The van der Waals surface area contributed by atoms with Gasteiger partial charge >= 0.3 is 0 Å². The van der Waals surface area contributed by atoms with Crippen molar-refractivity contribution in [1.29, 1.82) is 5.41 Å². The maximum Gasteiger partial charge on any atom is 0.271 e. The van der Waals surface area contributed by atoms with Gasteiger partial charge in [-0.1, -0.05) is 12.1 Å². The second-order valence-electron chi connectivity index (χ2n) is 5.94. The number of benzene rings is 2. The van der Waals surface area contributed by atoms with Gasteiger partial charge in [0.15, 0.2) is 16.7 Å². The van der Waals surface area contributed by atoms with Crippen molar-refractivity contribution in [2.24, 2.45) is 0 Å². The lowest BCUT2D eigenvalue weighted by Gasteiger charge is -2.15. The SMILES string of the molecule is COc1ccc(C=C2SC(=N)N(c3ccc(C)c(C)c3)C2=O)cc1OC. The third-order valence-electron chi connectivity index (χ3n) is 4.28. The number of hydrogen-bond acceptors (Lipinski definition) is 5. The fourth-order valence-electron chi connectivity index (χ4n) is 2.68. The Bertz CT molecular complexity index is 921. The minimum Gasteiger partial charge on any atom is -0.493 e. The highest BCUT2D eigenvalue weighted by molar-refractivity contribution is 8.19. The third kappa shape index (κ3) is 3.32. The summed E-state index contributed by atoms with van der Waals surface area (Å²) in [5, 5.41) is 8.42. The van der Waals surface area contributed by atoms with Gasteiger partial charge in [-0.05, 0) is 72.6 Å². The first-order valence-electron chi connectivity index (χ1n) is 8.06. The number of hydrogen-bond donors (Lipinski definition) is 1. The van der Waals surface area contributed by atoms with Crippen LogP contribution in [0.2, 0.25) is 0 Å². The Hall–Kier alpha value is -2.73. The van der Waals surface area contributed by atoms with Crippen LogP contribution < -0.4 is 14.4 Å². The van der Waals surface area contributed by atoms with Crippen molar-refractivity contribution in [2.75, 3.05) is 19.1 Å². The molecule has 0 radical (unpaired) electrons. The van der Waals surface area contributed by atoms with Gasteiger partial charge in [0.2, 0.25) is 0 Å². The van der Waals surface area contributed by atoms with Crippen molar-refractivity contribution in [3.63, 3.8) is 0 Å². The van der Waals surface area contributed by atoms with Crippen LogP contribution in [0.25, 0.3) is 6.08 Å². The van der Waals surface area contributed by atoms with E-state index in [9.17, 15) is 4.79 Å². The Morgan fingerprint density at radius 3 is 2.38 bits per heavy atom. The summed E-state index contributed by atoms with van der Waals surface area (Å²) in [6.45, 7) is 4.02. The van der Waals surface area contributed by atoms with E-state index < -0.39 is 0 Å². The molecule has 1 heterocycles. The van der Waals surface area contributed by atoms with Crippen LogP contribution in [0.3, 0.4) is 0 Å². The predicted octanol–water partition coefficient (Wildman–Crippen LogP) is 4.38. The minimum absolute atomic E-state index is 0.196. The van der Waals surface area contributed by atoms with E-state index in [2.05, 4.69) is 0 Å². The molecule has 3 rings (SSSR count). The van der Waals surface area contributed by atoms with Gasteiger partial charge in [-0.3, -0.25) is 15.1 Å². The zero-order chi connectivity index (χ0) is 18.8. The lowest BCUT2D eigenvalue weighted by Crippen LogP contribution is -2.28. The predicted molar refractivity (Wildman–Crippen MR) is 106 cm³/mol. The molecule has 0 spiro atoms. The first kappa shape index (κ1) is 18.1. The van der Waals surface area contributed by atoms with E-state index >= 15 is 0 Å². The molecule has 1 saturated heterocycles. The summed E-state index contributed by atoms with van der Waals surface area (Å²) in [5.41, 5.74) is 3.77. The van der Waals surface area contributed by atoms with Gasteiger partial charge in [-0.15, -0.1) is 0 Å². The summed E-state index contributed by atoms with van der Waals surface area (Å²) < 4.78 is 10.5. The van der Waals surface area contributed by atoms with Crippen molar-refractivity contribution in [3.05, 3.63) is 58.0 Å². The van der Waals surface area contributed by atoms with E-state index in [-0.39, 0.29) is 11.1 Å². The van der Waals surface area contributed by atoms with Crippen LogP contribution in [0.15, 0.2) is 41.3 Å². The summed E-state index contributed by atoms with van der Waals surface area (Å²) in [7, 11) is 3.15. The van der Waals surface area contributed by atoms with Crippen molar-refractivity contribution in [3.8, 4) is 11.5 Å². The van der Waals surface area contributed by atoms with E-state index in [1.807, 2.05) is 44.2 Å². The van der Waals surface area contributed by atoms with E-state index in [1.165, 1.54) is 4.90 Å². The normalized spacial score (nSPS) is 15.7. The van der Waals surface area contributed by atoms with Crippen LogP contribution in [0, 0.1) is 19.3 Å². The Morgan fingerprint density at radius 2 is 1.73 bits per heavy atom. The van der Waals surface area contributed by atoms with Crippen LogP contribution in [0.5, 0.6) is 11.5 Å². The van der Waals surface area contributed by atoms with Crippen molar-refractivity contribution in [1.82, 2.24) is 0 Å². The van der Waals surface area contributed by atoms with E-state index in [0.717, 1.165) is 28.5 Å².